The Morgan fingerprint density at radius 2 is 2.16 bits per heavy atom. The first-order valence-corrected chi connectivity index (χ1v) is 8.77. The van der Waals surface area contributed by atoms with E-state index in [-0.39, 0.29) is 11.2 Å². The molecule has 0 N–H and O–H groups in total. The summed E-state index contributed by atoms with van der Waals surface area (Å²) in [5, 5.41) is 1.03. The number of ketones is 1. The lowest BCUT2D eigenvalue weighted by Crippen LogP contribution is -2.31. The number of Topliss-reactive ketones (excluding diaryl/α,β-unsaturated/α-hetero) is 1. The molecule has 1 fully saturated rings. The van der Waals surface area contributed by atoms with E-state index in [2.05, 4.69) is 25.8 Å². The second-order valence-corrected chi connectivity index (χ2v) is 8.47. The summed E-state index contributed by atoms with van der Waals surface area (Å²) in [5.74, 6) is 2.70. The van der Waals surface area contributed by atoms with Gasteiger partial charge in [0.1, 0.15) is 0 Å². The number of rotatable bonds is 2. The summed E-state index contributed by atoms with van der Waals surface area (Å²) in [6, 6.07) is 0.584. The Hall–Kier alpha value is -0.550. The summed E-state index contributed by atoms with van der Waals surface area (Å²) >= 11 is 3.60. The number of thioether (sulfide) groups is 1. The van der Waals surface area contributed by atoms with E-state index in [0.29, 0.717) is 12.5 Å². The van der Waals surface area contributed by atoms with Gasteiger partial charge in [-0.05, 0) is 24.0 Å². The first-order valence-electron chi connectivity index (χ1n) is 6.80. The Morgan fingerprint density at radius 3 is 2.84 bits per heavy atom. The topological polar surface area (TPSA) is 33.2 Å². The summed E-state index contributed by atoms with van der Waals surface area (Å²) in [7, 11) is 2.12. The van der Waals surface area contributed by atoms with E-state index >= 15 is 0 Å². The molecule has 1 saturated heterocycles. The molecule has 0 bridgehead atoms. The maximum atomic E-state index is 12.2. The highest BCUT2D eigenvalue weighted by Gasteiger charge is 2.35. The molecule has 1 aliphatic heterocycles. The monoisotopic (exact) mass is 296 g/mol. The molecule has 0 saturated carbocycles. The van der Waals surface area contributed by atoms with Crippen LogP contribution < -0.4 is 4.90 Å². The minimum atomic E-state index is 0.0667. The average Bonchev–Trinajstić information content (AvgIpc) is 2.94. The molecular formula is C14H20N2OS2. The third kappa shape index (κ3) is 2.55. The number of carbonyl (C=O) groups is 1. The van der Waals surface area contributed by atoms with Gasteiger partial charge < -0.3 is 4.90 Å². The van der Waals surface area contributed by atoms with Crippen molar-refractivity contribution in [3.05, 3.63) is 10.6 Å². The van der Waals surface area contributed by atoms with E-state index in [1.807, 2.05) is 11.8 Å². The lowest BCUT2D eigenvalue weighted by Gasteiger charge is -2.26. The molecule has 3 rings (SSSR count). The van der Waals surface area contributed by atoms with E-state index in [1.54, 1.807) is 11.3 Å². The molecule has 0 aromatic carbocycles. The molecule has 5 heteroatoms. The number of carbonyl (C=O) groups excluding carboxylic acids is 1. The summed E-state index contributed by atoms with van der Waals surface area (Å²) in [5.41, 5.74) is 1.09. The number of nitrogens with zero attached hydrogens (tertiary/aromatic N) is 2. The van der Waals surface area contributed by atoms with Crippen molar-refractivity contribution in [2.24, 2.45) is 5.41 Å². The molecule has 0 amide bonds. The van der Waals surface area contributed by atoms with E-state index in [9.17, 15) is 4.79 Å². The van der Waals surface area contributed by atoms with Gasteiger partial charge in [-0.1, -0.05) is 25.2 Å². The summed E-state index contributed by atoms with van der Waals surface area (Å²) < 4.78 is 0. The molecule has 0 radical (unpaired) electrons. The highest BCUT2D eigenvalue weighted by atomic mass is 32.2. The van der Waals surface area contributed by atoms with Gasteiger partial charge in [-0.2, -0.15) is 11.8 Å². The molecular weight excluding hydrogens is 276 g/mol. The fourth-order valence-electron chi connectivity index (χ4n) is 2.84. The summed E-state index contributed by atoms with van der Waals surface area (Å²) in [6.07, 6.45) is 2.81. The number of aromatic nitrogens is 1. The third-order valence-corrected chi connectivity index (χ3v) is 6.35. The Labute approximate surface area is 122 Å². The summed E-state index contributed by atoms with van der Waals surface area (Å²) in [4.78, 5) is 20.2. The number of thiazole rings is 1. The number of fused-ring (bicyclic) bond motifs is 1. The molecule has 2 aliphatic rings. The van der Waals surface area contributed by atoms with Gasteiger partial charge in [0.05, 0.1) is 10.6 Å². The fraction of sp³-hybridized carbons (Fsp3) is 0.714. The van der Waals surface area contributed by atoms with Crippen molar-refractivity contribution in [1.29, 1.82) is 0 Å². The normalized spacial score (nSPS) is 25.4. The lowest BCUT2D eigenvalue weighted by molar-refractivity contribution is 0.0916. The maximum absolute atomic E-state index is 12.2. The molecule has 2 heterocycles. The largest absolute Gasteiger partial charge is 0.347 e. The highest BCUT2D eigenvalue weighted by molar-refractivity contribution is 7.99. The first kappa shape index (κ1) is 13.4. The maximum Gasteiger partial charge on any atom is 0.186 e. The number of hydrogen-bond acceptors (Lipinski definition) is 5. The van der Waals surface area contributed by atoms with Crippen LogP contribution in [0.3, 0.4) is 0 Å². The smallest absolute Gasteiger partial charge is 0.186 e. The van der Waals surface area contributed by atoms with Gasteiger partial charge in [0, 0.05) is 25.3 Å². The Bertz CT molecular complexity index is 504. The fourth-order valence-corrected chi connectivity index (χ4v) is 5.16. The van der Waals surface area contributed by atoms with Crippen molar-refractivity contribution in [3.8, 4) is 0 Å². The molecule has 1 aliphatic carbocycles. The minimum absolute atomic E-state index is 0.0667. The van der Waals surface area contributed by atoms with Crippen molar-refractivity contribution in [1.82, 2.24) is 4.98 Å². The zero-order valence-electron chi connectivity index (χ0n) is 11.7. The zero-order chi connectivity index (χ0) is 13.6. The third-order valence-electron chi connectivity index (χ3n) is 3.98. The van der Waals surface area contributed by atoms with Gasteiger partial charge in [0.2, 0.25) is 0 Å². The van der Waals surface area contributed by atoms with Gasteiger partial charge >= 0.3 is 0 Å². The van der Waals surface area contributed by atoms with Crippen LogP contribution in [0.5, 0.6) is 0 Å². The predicted molar refractivity (Wildman–Crippen MR) is 82.7 cm³/mol. The van der Waals surface area contributed by atoms with Crippen LogP contribution in [0.25, 0.3) is 0 Å². The Kier molecular flexibility index (Phi) is 3.38. The first-order chi connectivity index (χ1) is 8.96. The van der Waals surface area contributed by atoms with Crippen molar-refractivity contribution in [2.45, 2.75) is 39.2 Å². The molecule has 1 aromatic rings. The van der Waals surface area contributed by atoms with E-state index < -0.39 is 0 Å². The van der Waals surface area contributed by atoms with Crippen LogP contribution in [0, 0.1) is 5.41 Å². The second-order valence-electron chi connectivity index (χ2n) is 6.34. The number of anilines is 1. The van der Waals surface area contributed by atoms with Gasteiger partial charge in [-0.3, -0.25) is 4.79 Å². The lowest BCUT2D eigenvalue weighted by atomic mass is 9.78. The minimum Gasteiger partial charge on any atom is -0.347 e. The predicted octanol–water partition coefficient (Wildman–Crippen LogP) is 3.24. The zero-order valence-corrected chi connectivity index (χ0v) is 13.4. The van der Waals surface area contributed by atoms with Crippen LogP contribution in [0.15, 0.2) is 0 Å². The quantitative estimate of drug-likeness (QED) is 0.839. The van der Waals surface area contributed by atoms with Gasteiger partial charge in [-0.15, -0.1) is 0 Å². The van der Waals surface area contributed by atoms with Crippen LogP contribution in [0.1, 0.15) is 42.1 Å². The molecule has 0 spiro atoms. The highest BCUT2D eigenvalue weighted by Crippen LogP contribution is 2.40. The molecule has 1 atom stereocenters. The van der Waals surface area contributed by atoms with Gasteiger partial charge in [-0.25, -0.2) is 4.98 Å². The van der Waals surface area contributed by atoms with Crippen LogP contribution in [-0.4, -0.2) is 35.4 Å². The van der Waals surface area contributed by atoms with Crippen molar-refractivity contribution < 1.29 is 4.79 Å². The van der Waals surface area contributed by atoms with Gasteiger partial charge in [0.25, 0.3) is 0 Å². The van der Waals surface area contributed by atoms with Crippen LogP contribution in [-0.2, 0) is 6.42 Å². The SMILES string of the molecule is CN(c1nc2c(s1)C(=O)CC(C)(C)C2)C1CCSC1. The Morgan fingerprint density at radius 1 is 1.37 bits per heavy atom. The van der Waals surface area contributed by atoms with E-state index in [1.165, 1.54) is 17.9 Å². The average molecular weight is 296 g/mol. The molecule has 19 heavy (non-hydrogen) atoms. The molecule has 1 aromatic heterocycles. The second kappa shape index (κ2) is 4.77. The summed E-state index contributed by atoms with van der Waals surface area (Å²) in [6.45, 7) is 4.31. The molecule has 1 unspecified atom stereocenters. The standard InChI is InChI=1S/C14H20N2OS2/c1-14(2)6-10-12(11(17)7-14)19-13(15-10)16(3)9-4-5-18-8-9/h9H,4-8H2,1-3H3. The van der Waals surface area contributed by atoms with Crippen LogP contribution in [0.4, 0.5) is 5.13 Å². The van der Waals surface area contributed by atoms with E-state index in [4.69, 9.17) is 4.98 Å². The van der Waals surface area contributed by atoms with Crippen molar-refractivity contribution in [2.75, 3.05) is 23.5 Å². The van der Waals surface area contributed by atoms with Crippen molar-refractivity contribution >= 4 is 34.0 Å². The van der Waals surface area contributed by atoms with Crippen LogP contribution in [0.2, 0.25) is 0 Å². The van der Waals surface area contributed by atoms with Gasteiger partial charge in [0.15, 0.2) is 10.9 Å². The Balaban J connectivity index is 1.88. The van der Waals surface area contributed by atoms with Crippen LogP contribution >= 0.6 is 23.1 Å². The molecule has 3 nitrogen and oxygen atoms in total. The molecule has 104 valence electrons. The van der Waals surface area contributed by atoms with Crippen molar-refractivity contribution in [3.63, 3.8) is 0 Å². The van der Waals surface area contributed by atoms with E-state index in [0.717, 1.165) is 22.1 Å². The number of hydrogen-bond donors (Lipinski definition) is 0.